The van der Waals surface area contributed by atoms with Crippen molar-refractivity contribution in [3.05, 3.63) is 0 Å². The number of hydrogen-bond donors (Lipinski definition) is 0. The molecule has 0 amide bonds. The normalized spacial score (nSPS) is 18.3. The van der Waals surface area contributed by atoms with Gasteiger partial charge in [-0.25, -0.2) is 0 Å². The molecule has 14 heavy (non-hydrogen) atoms. The average molecular weight is 195 g/mol. The van der Waals surface area contributed by atoms with Gasteiger partial charge in [-0.15, -0.1) is 0 Å². The smallest absolute Gasteiger partial charge is 0.325 e. The summed E-state index contributed by atoms with van der Waals surface area (Å²) in [6, 6.07) is 0. The number of nitriles is 1. The lowest BCUT2D eigenvalue weighted by Gasteiger charge is -2.16. The summed E-state index contributed by atoms with van der Waals surface area (Å²) >= 11 is 0. The first kappa shape index (κ1) is 10.5. The summed E-state index contributed by atoms with van der Waals surface area (Å²) in [5.74, 6) is 0.431. The van der Waals surface area contributed by atoms with Crippen molar-refractivity contribution in [3.63, 3.8) is 0 Å². The zero-order valence-electron chi connectivity index (χ0n) is 8.19. The largest absolute Gasteiger partial charge is 0.465 e. The highest BCUT2D eigenvalue weighted by atomic mass is 16.5. The lowest BCUT2D eigenvalue weighted by Crippen LogP contribution is -2.31. The van der Waals surface area contributed by atoms with Crippen LogP contribution < -0.4 is 0 Å². The molecule has 0 atom stereocenters. The molecule has 0 bridgehead atoms. The summed E-state index contributed by atoms with van der Waals surface area (Å²) in [6.07, 6.45) is 3.45. The first-order valence-corrected chi connectivity index (χ1v) is 4.64. The Balaban J connectivity index is 2.48. The number of amidine groups is 1. The van der Waals surface area contributed by atoms with Crippen LogP contribution in [-0.4, -0.2) is 36.4 Å². The van der Waals surface area contributed by atoms with Crippen molar-refractivity contribution >= 4 is 11.8 Å². The third-order valence-electron chi connectivity index (χ3n) is 2.00. The van der Waals surface area contributed by atoms with Crippen LogP contribution in [0.1, 0.15) is 19.8 Å². The first-order valence-electron chi connectivity index (χ1n) is 4.64. The van der Waals surface area contributed by atoms with Gasteiger partial charge in [0, 0.05) is 13.0 Å². The van der Waals surface area contributed by atoms with Crippen LogP contribution in [0.4, 0.5) is 0 Å². The summed E-state index contributed by atoms with van der Waals surface area (Å²) in [5, 5.41) is 8.40. The molecule has 76 valence electrons. The number of esters is 1. The second kappa shape index (κ2) is 5.22. The van der Waals surface area contributed by atoms with E-state index in [1.807, 2.05) is 0 Å². The van der Waals surface area contributed by atoms with E-state index in [1.165, 1.54) is 0 Å². The number of aliphatic imine (C=N–C) groups is 1. The molecule has 1 saturated heterocycles. The van der Waals surface area contributed by atoms with Gasteiger partial charge in [-0.1, -0.05) is 0 Å². The molecular weight excluding hydrogens is 182 g/mol. The Morgan fingerprint density at radius 2 is 2.57 bits per heavy atom. The molecule has 1 aliphatic heterocycles. The lowest BCUT2D eigenvalue weighted by molar-refractivity contribution is -0.143. The highest BCUT2D eigenvalue weighted by Gasteiger charge is 2.21. The third-order valence-corrected chi connectivity index (χ3v) is 2.00. The number of carbonyl (C=O) groups is 1. The Morgan fingerprint density at radius 3 is 3.21 bits per heavy atom. The maximum Gasteiger partial charge on any atom is 0.325 e. The summed E-state index contributed by atoms with van der Waals surface area (Å²) in [5.41, 5.74) is 0. The SMILES string of the molecule is CCOC(=O)CN1CCC/C1=N/C#N. The van der Waals surface area contributed by atoms with Crippen molar-refractivity contribution in [2.24, 2.45) is 4.99 Å². The van der Waals surface area contributed by atoms with Crippen LogP contribution >= 0.6 is 0 Å². The molecule has 0 N–H and O–H groups in total. The molecular formula is C9H13N3O2. The molecule has 5 nitrogen and oxygen atoms in total. The van der Waals surface area contributed by atoms with Gasteiger partial charge in [0.2, 0.25) is 6.19 Å². The molecule has 1 fully saturated rings. The van der Waals surface area contributed by atoms with E-state index in [9.17, 15) is 4.79 Å². The Labute approximate surface area is 83.0 Å². The molecule has 0 saturated carbocycles. The average Bonchev–Trinajstić information content (AvgIpc) is 2.54. The second-order valence-electron chi connectivity index (χ2n) is 2.96. The number of rotatable bonds is 3. The fraction of sp³-hybridized carbons (Fsp3) is 0.667. The molecule has 0 unspecified atom stereocenters. The summed E-state index contributed by atoms with van der Waals surface area (Å²) < 4.78 is 4.81. The predicted octanol–water partition coefficient (Wildman–Crippen LogP) is 0.525. The monoisotopic (exact) mass is 195 g/mol. The van der Waals surface area contributed by atoms with Crippen LogP contribution in [0.25, 0.3) is 0 Å². The fourth-order valence-corrected chi connectivity index (χ4v) is 1.43. The highest BCUT2D eigenvalue weighted by molar-refractivity contribution is 5.88. The van der Waals surface area contributed by atoms with E-state index in [2.05, 4.69) is 4.99 Å². The number of nitrogens with zero attached hydrogens (tertiary/aromatic N) is 3. The maximum atomic E-state index is 11.1. The minimum absolute atomic E-state index is 0.203. The molecule has 0 aromatic carbocycles. The Morgan fingerprint density at radius 1 is 1.79 bits per heavy atom. The van der Waals surface area contributed by atoms with Gasteiger partial charge in [0.05, 0.1) is 6.61 Å². The second-order valence-corrected chi connectivity index (χ2v) is 2.96. The van der Waals surface area contributed by atoms with Gasteiger partial charge in [-0.2, -0.15) is 10.3 Å². The minimum atomic E-state index is -0.264. The van der Waals surface area contributed by atoms with E-state index in [-0.39, 0.29) is 12.5 Å². The Bertz CT molecular complexity index is 280. The minimum Gasteiger partial charge on any atom is -0.465 e. The van der Waals surface area contributed by atoms with Crippen LogP contribution in [0, 0.1) is 11.5 Å². The van der Waals surface area contributed by atoms with Crippen molar-refractivity contribution < 1.29 is 9.53 Å². The van der Waals surface area contributed by atoms with Crippen LogP contribution in [0.3, 0.4) is 0 Å². The van der Waals surface area contributed by atoms with Gasteiger partial charge >= 0.3 is 5.97 Å². The summed E-state index contributed by atoms with van der Waals surface area (Å²) in [6.45, 7) is 3.14. The van der Waals surface area contributed by atoms with Gasteiger partial charge in [-0.05, 0) is 13.3 Å². The van der Waals surface area contributed by atoms with Gasteiger partial charge in [0.15, 0.2) is 0 Å². The fourth-order valence-electron chi connectivity index (χ4n) is 1.43. The number of ether oxygens (including phenoxy) is 1. The van der Waals surface area contributed by atoms with E-state index in [0.717, 1.165) is 19.4 Å². The number of likely N-dealkylation sites (tertiary alicyclic amines) is 1. The molecule has 0 aromatic rings. The van der Waals surface area contributed by atoms with E-state index >= 15 is 0 Å². The Hall–Kier alpha value is -1.57. The van der Waals surface area contributed by atoms with Gasteiger partial charge < -0.3 is 9.64 Å². The first-order chi connectivity index (χ1) is 6.77. The standard InChI is InChI=1S/C9H13N3O2/c1-2-14-9(13)6-12-5-3-4-8(12)11-7-10/h2-6H2,1H3/b11-8-. The number of hydrogen-bond acceptors (Lipinski definition) is 4. The molecule has 0 spiro atoms. The van der Waals surface area contributed by atoms with E-state index in [0.29, 0.717) is 12.4 Å². The summed E-state index contributed by atoms with van der Waals surface area (Å²) in [7, 11) is 0. The Kier molecular flexibility index (Phi) is 3.92. The topological polar surface area (TPSA) is 65.7 Å². The van der Waals surface area contributed by atoms with Gasteiger partial charge in [0.25, 0.3) is 0 Å². The van der Waals surface area contributed by atoms with Crippen LogP contribution in [0.2, 0.25) is 0 Å². The van der Waals surface area contributed by atoms with E-state index < -0.39 is 0 Å². The zero-order chi connectivity index (χ0) is 10.4. The van der Waals surface area contributed by atoms with Crippen molar-refractivity contribution in [2.75, 3.05) is 19.7 Å². The van der Waals surface area contributed by atoms with E-state index in [4.69, 9.17) is 10.00 Å². The van der Waals surface area contributed by atoms with Crippen LogP contribution in [0.15, 0.2) is 4.99 Å². The molecule has 1 heterocycles. The van der Waals surface area contributed by atoms with Crippen LogP contribution in [-0.2, 0) is 9.53 Å². The summed E-state index contributed by atoms with van der Waals surface area (Å²) in [4.78, 5) is 16.6. The van der Waals surface area contributed by atoms with Gasteiger partial charge in [-0.3, -0.25) is 4.79 Å². The van der Waals surface area contributed by atoms with Crippen molar-refractivity contribution in [1.29, 1.82) is 5.26 Å². The molecule has 1 rings (SSSR count). The molecule has 0 radical (unpaired) electrons. The zero-order valence-corrected chi connectivity index (χ0v) is 8.19. The molecule has 0 aliphatic carbocycles. The third kappa shape index (κ3) is 2.73. The highest BCUT2D eigenvalue weighted by Crippen LogP contribution is 2.11. The quantitative estimate of drug-likeness (QED) is 0.486. The lowest BCUT2D eigenvalue weighted by atomic mass is 10.4. The number of carbonyl (C=O) groups excluding carboxylic acids is 1. The molecule has 1 aliphatic rings. The van der Waals surface area contributed by atoms with Crippen LogP contribution in [0.5, 0.6) is 0 Å². The van der Waals surface area contributed by atoms with Crippen molar-refractivity contribution in [3.8, 4) is 6.19 Å². The predicted molar refractivity (Wildman–Crippen MR) is 50.5 cm³/mol. The van der Waals surface area contributed by atoms with Gasteiger partial charge in [0.1, 0.15) is 12.4 Å². The molecule has 0 aromatic heterocycles. The van der Waals surface area contributed by atoms with Crippen molar-refractivity contribution in [1.82, 2.24) is 4.90 Å². The molecule has 5 heteroatoms. The van der Waals surface area contributed by atoms with E-state index in [1.54, 1.807) is 18.0 Å². The maximum absolute atomic E-state index is 11.1. The van der Waals surface area contributed by atoms with Crippen molar-refractivity contribution in [2.45, 2.75) is 19.8 Å².